The number of rotatable bonds is 4. The van der Waals surface area contributed by atoms with Gasteiger partial charge in [0.2, 0.25) is 6.79 Å². The van der Waals surface area contributed by atoms with Crippen LogP contribution in [-0.2, 0) is 4.79 Å². The second-order valence-corrected chi connectivity index (χ2v) is 6.04. The Kier molecular flexibility index (Phi) is 5.04. The van der Waals surface area contributed by atoms with Gasteiger partial charge in [-0.3, -0.25) is 9.59 Å². The van der Waals surface area contributed by atoms with E-state index in [4.69, 9.17) is 9.47 Å². The average molecular weight is 403 g/mol. The number of carbonyl (C=O) groups is 2. The van der Waals surface area contributed by atoms with Gasteiger partial charge in [-0.2, -0.15) is 0 Å². The molecule has 0 bridgehead atoms. The first-order chi connectivity index (χ1) is 12.1. The Balaban J connectivity index is 1.88. The van der Waals surface area contributed by atoms with Crippen molar-refractivity contribution >= 4 is 33.8 Å². The molecule has 0 saturated carbocycles. The van der Waals surface area contributed by atoms with E-state index in [0.717, 1.165) is 0 Å². The van der Waals surface area contributed by atoms with E-state index in [1.165, 1.54) is 7.05 Å². The maximum Gasteiger partial charge on any atom is 0.267 e. The first kappa shape index (κ1) is 17.0. The first-order valence-corrected chi connectivity index (χ1v) is 8.27. The molecular formula is C18H15BrN2O4. The molecule has 3 rings (SSSR count). The van der Waals surface area contributed by atoms with E-state index in [9.17, 15) is 9.59 Å². The molecule has 0 aromatic heterocycles. The zero-order chi connectivity index (χ0) is 17.8. The number of likely N-dealkylation sites (N-methyl/N-ethyl adjacent to an activating group) is 1. The SMILES string of the molecule is CNC(=O)C(=Cc1ccc2c(c1)OCO2)NC(=O)c1ccccc1Br. The smallest absolute Gasteiger partial charge is 0.267 e. The minimum atomic E-state index is -0.405. The fraction of sp³-hybridized carbons (Fsp3) is 0.111. The standard InChI is InChI=1S/C18H15BrN2O4/c1-20-18(23)14(21-17(22)12-4-2-3-5-13(12)19)8-11-6-7-15-16(9-11)25-10-24-15/h2-9H,10H2,1H3,(H,20,23)(H,21,22). The fourth-order valence-corrected chi connectivity index (χ4v) is 2.76. The predicted molar refractivity (Wildman–Crippen MR) is 96.2 cm³/mol. The number of halogens is 1. The third kappa shape index (κ3) is 3.83. The van der Waals surface area contributed by atoms with Gasteiger partial charge in [0.25, 0.3) is 11.8 Å². The van der Waals surface area contributed by atoms with Crippen LogP contribution in [0.4, 0.5) is 0 Å². The summed E-state index contributed by atoms with van der Waals surface area (Å²) in [5.41, 5.74) is 1.26. The molecule has 0 unspecified atom stereocenters. The maximum absolute atomic E-state index is 12.5. The number of ether oxygens (including phenoxy) is 2. The molecule has 0 saturated heterocycles. The lowest BCUT2D eigenvalue weighted by molar-refractivity contribution is -0.117. The Hall–Kier alpha value is -2.80. The zero-order valence-electron chi connectivity index (χ0n) is 13.3. The summed E-state index contributed by atoms with van der Waals surface area (Å²) in [5.74, 6) is 0.458. The van der Waals surface area contributed by atoms with Crippen LogP contribution in [0, 0.1) is 0 Å². The van der Waals surface area contributed by atoms with E-state index < -0.39 is 5.91 Å². The summed E-state index contributed by atoms with van der Waals surface area (Å²) in [5, 5.41) is 5.17. The van der Waals surface area contributed by atoms with Crippen LogP contribution in [0.1, 0.15) is 15.9 Å². The highest BCUT2D eigenvalue weighted by molar-refractivity contribution is 9.10. The Morgan fingerprint density at radius 3 is 2.64 bits per heavy atom. The van der Waals surface area contributed by atoms with Crippen LogP contribution in [0.25, 0.3) is 6.08 Å². The summed E-state index contributed by atoms with van der Waals surface area (Å²) in [6, 6.07) is 12.3. The second-order valence-electron chi connectivity index (χ2n) is 5.18. The molecule has 2 N–H and O–H groups in total. The van der Waals surface area contributed by atoms with E-state index in [1.54, 1.807) is 42.5 Å². The number of hydrogen-bond donors (Lipinski definition) is 2. The van der Waals surface area contributed by atoms with Gasteiger partial charge in [0.05, 0.1) is 5.56 Å². The Morgan fingerprint density at radius 2 is 1.88 bits per heavy atom. The van der Waals surface area contributed by atoms with Crippen LogP contribution >= 0.6 is 15.9 Å². The van der Waals surface area contributed by atoms with Gasteiger partial charge in [-0.25, -0.2) is 0 Å². The van der Waals surface area contributed by atoms with Crippen molar-refractivity contribution in [1.29, 1.82) is 0 Å². The molecule has 2 aromatic rings. The number of benzene rings is 2. The Labute approximate surface area is 153 Å². The topological polar surface area (TPSA) is 76.7 Å². The van der Waals surface area contributed by atoms with E-state index in [2.05, 4.69) is 26.6 Å². The summed E-state index contributed by atoms with van der Waals surface area (Å²) in [6.07, 6.45) is 1.58. The second kappa shape index (κ2) is 7.40. The van der Waals surface area contributed by atoms with Gasteiger partial charge in [0, 0.05) is 11.5 Å². The van der Waals surface area contributed by atoms with E-state index in [-0.39, 0.29) is 18.4 Å². The van der Waals surface area contributed by atoms with Gasteiger partial charge in [-0.05, 0) is 51.8 Å². The van der Waals surface area contributed by atoms with Crippen LogP contribution in [-0.4, -0.2) is 25.7 Å². The van der Waals surface area contributed by atoms with Gasteiger partial charge in [0.1, 0.15) is 5.70 Å². The maximum atomic E-state index is 12.5. The van der Waals surface area contributed by atoms with Gasteiger partial charge in [-0.15, -0.1) is 0 Å². The van der Waals surface area contributed by atoms with Gasteiger partial charge in [0.15, 0.2) is 11.5 Å². The van der Waals surface area contributed by atoms with Crippen molar-refractivity contribution in [3.05, 3.63) is 63.8 Å². The number of hydrogen-bond acceptors (Lipinski definition) is 4. The van der Waals surface area contributed by atoms with E-state index in [1.807, 2.05) is 6.07 Å². The van der Waals surface area contributed by atoms with Crippen LogP contribution in [0.2, 0.25) is 0 Å². The van der Waals surface area contributed by atoms with Gasteiger partial charge in [-0.1, -0.05) is 18.2 Å². The quantitative estimate of drug-likeness (QED) is 0.770. The molecule has 2 amide bonds. The summed E-state index contributed by atoms with van der Waals surface area (Å²) < 4.78 is 11.2. The predicted octanol–water partition coefficient (Wildman–Crippen LogP) is 2.69. The Bertz CT molecular complexity index is 864. The van der Waals surface area contributed by atoms with Crippen molar-refractivity contribution in [2.45, 2.75) is 0 Å². The number of fused-ring (bicyclic) bond motifs is 1. The molecule has 6 nitrogen and oxygen atoms in total. The van der Waals surface area contributed by atoms with Crippen LogP contribution < -0.4 is 20.1 Å². The third-order valence-electron chi connectivity index (χ3n) is 3.55. The normalized spacial score (nSPS) is 12.6. The van der Waals surface area contributed by atoms with Crippen molar-refractivity contribution in [1.82, 2.24) is 10.6 Å². The highest BCUT2D eigenvalue weighted by atomic mass is 79.9. The molecule has 1 heterocycles. The molecule has 128 valence electrons. The molecule has 25 heavy (non-hydrogen) atoms. The highest BCUT2D eigenvalue weighted by Gasteiger charge is 2.17. The van der Waals surface area contributed by atoms with Crippen molar-refractivity contribution in [2.24, 2.45) is 0 Å². The molecular weight excluding hydrogens is 388 g/mol. The molecule has 0 aliphatic carbocycles. The van der Waals surface area contributed by atoms with Gasteiger partial charge < -0.3 is 20.1 Å². The van der Waals surface area contributed by atoms with Crippen molar-refractivity contribution in [3.8, 4) is 11.5 Å². The molecule has 0 spiro atoms. The van der Waals surface area contributed by atoms with E-state index >= 15 is 0 Å². The monoisotopic (exact) mass is 402 g/mol. The highest BCUT2D eigenvalue weighted by Crippen LogP contribution is 2.33. The van der Waals surface area contributed by atoms with Crippen molar-refractivity contribution in [2.75, 3.05) is 13.8 Å². The summed E-state index contributed by atoms with van der Waals surface area (Å²) in [4.78, 5) is 24.6. The van der Waals surface area contributed by atoms with E-state index in [0.29, 0.717) is 27.1 Å². The summed E-state index contributed by atoms with van der Waals surface area (Å²) in [7, 11) is 1.50. The third-order valence-corrected chi connectivity index (χ3v) is 4.24. The van der Waals surface area contributed by atoms with Crippen molar-refractivity contribution < 1.29 is 19.1 Å². The van der Waals surface area contributed by atoms with Crippen LogP contribution in [0.5, 0.6) is 11.5 Å². The van der Waals surface area contributed by atoms with Gasteiger partial charge >= 0.3 is 0 Å². The minimum absolute atomic E-state index is 0.127. The largest absolute Gasteiger partial charge is 0.454 e. The molecule has 0 atom stereocenters. The number of carbonyl (C=O) groups excluding carboxylic acids is 2. The summed E-state index contributed by atoms with van der Waals surface area (Å²) in [6.45, 7) is 0.170. The fourth-order valence-electron chi connectivity index (χ4n) is 2.30. The number of amides is 2. The molecule has 0 fully saturated rings. The summed E-state index contributed by atoms with van der Waals surface area (Å²) >= 11 is 3.33. The molecule has 1 aliphatic rings. The minimum Gasteiger partial charge on any atom is -0.454 e. The average Bonchev–Trinajstić information content (AvgIpc) is 3.08. The first-order valence-electron chi connectivity index (χ1n) is 7.48. The lowest BCUT2D eigenvalue weighted by Gasteiger charge is -2.10. The van der Waals surface area contributed by atoms with Crippen molar-refractivity contribution in [3.63, 3.8) is 0 Å². The molecule has 0 radical (unpaired) electrons. The molecule has 1 aliphatic heterocycles. The number of nitrogens with one attached hydrogen (secondary N) is 2. The lowest BCUT2D eigenvalue weighted by Crippen LogP contribution is -2.33. The Morgan fingerprint density at radius 1 is 1.12 bits per heavy atom. The molecule has 2 aromatic carbocycles. The van der Waals surface area contributed by atoms with Crippen LogP contribution in [0.3, 0.4) is 0 Å². The zero-order valence-corrected chi connectivity index (χ0v) is 14.9. The van der Waals surface area contributed by atoms with Crippen LogP contribution in [0.15, 0.2) is 52.6 Å². The molecule has 7 heteroatoms. The lowest BCUT2D eigenvalue weighted by atomic mass is 10.1.